The van der Waals surface area contributed by atoms with Crippen molar-refractivity contribution in [2.75, 3.05) is 0 Å². The van der Waals surface area contributed by atoms with Crippen LogP contribution < -0.4 is 0 Å². The summed E-state index contributed by atoms with van der Waals surface area (Å²) < 4.78 is 4.80. The highest BCUT2D eigenvalue weighted by atomic mass is 35.5. The van der Waals surface area contributed by atoms with Gasteiger partial charge in [0, 0.05) is 6.07 Å². The van der Waals surface area contributed by atoms with E-state index in [0.29, 0.717) is 0 Å². The molecule has 0 amide bonds. The minimum Gasteiger partial charge on any atom is -0.332 e. The summed E-state index contributed by atoms with van der Waals surface area (Å²) in [7, 11) is 0. The van der Waals surface area contributed by atoms with Crippen molar-refractivity contribution in [3.63, 3.8) is 0 Å². The van der Waals surface area contributed by atoms with E-state index in [0.717, 1.165) is 5.56 Å². The van der Waals surface area contributed by atoms with E-state index in [-0.39, 0.29) is 22.4 Å². The van der Waals surface area contributed by atoms with E-state index >= 15 is 0 Å². The molecule has 16 heavy (non-hydrogen) atoms. The van der Waals surface area contributed by atoms with E-state index in [9.17, 15) is 10.1 Å². The lowest BCUT2D eigenvalue weighted by atomic mass is 10.1. The zero-order chi connectivity index (χ0) is 11.7. The molecule has 0 radical (unpaired) electrons. The Bertz CT molecular complexity index is 553. The SMILES string of the molecule is Cc1ccc([N+](=O)[O-])c(-c2nc(Cl)no2)c1. The molecule has 7 heteroatoms. The van der Waals surface area contributed by atoms with Gasteiger partial charge >= 0.3 is 0 Å². The van der Waals surface area contributed by atoms with E-state index in [4.69, 9.17) is 16.1 Å². The molecule has 0 saturated heterocycles. The number of aromatic nitrogens is 2. The van der Waals surface area contributed by atoms with Gasteiger partial charge in [-0.25, -0.2) is 0 Å². The lowest BCUT2D eigenvalue weighted by Crippen LogP contribution is -1.92. The number of nitro benzene ring substituents is 1. The van der Waals surface area contributed by atoms with Gasteiger partial charge in [0.1, 0.15) is 5.56 Å². The predicted molar refractivity (Wildman–Crippen MR) is 56.1 cm³/mol. The number of benzene rings is 1. The molecule has 1 aromatic heterocycles. The molecule has 6 nitrogen and oxygen atoms in total. The molecule has 0 aliphatic carbocycles. The highest BCUT2D eigenvalue weighted by molar-refractivity contribution is 6.28. The minimum atomic E-state index is -0.507. The molecule has 0 N–H and O–H groups in total. The molecule has 0 aliphatic rings. The third-order valence-electron chi connectivity index (χ3n) is 1.98. The number of nitrogens with zero attached hydrogens (tertiary/aromatic N) is 3. The van der Waals surface area contributed by atoms with Crippen LogP contribution >= 0.6 is 11.6 Å². The zero-order valence-corrected chi connectivity index (χ0v) is 8.93. The summed E-state index contributed by atoms with van der Waals surface area (Å²) in [5, 5.41) is 14.1. The van der Waals surface area contributed by atoms with Crippen molar-refractivity contribution < 1.29 is 9.45 Å². The van der Waals surface area contributed by atoms with Gasteiger partial charge in [-0.1, -0.05) is 6.07 Å². The molecule has 1 aromatic carbocycles. The molecule has 2 rings (SSSR count). The Balaban J connectivity index is 2.62. The Hall–Kier alpha value is -1.95. The van der Waals surface area contributed by atoms with Gasteiger partial charge < -0.3 is 4.52 Å². The van der Waals surface area contributed by atoms with E-state index in [1.54, 1.807) is 12.1 Å². The smallest absolute Gasteiger partial charge is 0.282 e. The van der Waals surface area contributed by atoms with Crippen molar-refractivity contribution in [3.8, 4) is 11.5 Å². The van der Waals surface area contributed by atoms with Gasteiger partial charge in [-0.3, -0.25) is 10.1 Å². The third-order valence-corrected chi connectivity index (χ3v) is 2.13. The van der Waals surface area contributed by atoms with Crippen LogP contribution in [0.4, 0.5) is 5.69 Å². The highest BCUT2D eigenvalue weighted by Gasteiger charge is 2.20. The van der Waals surface area contributed by atoms with Crippen LogP contribution in [-0.4, -0.2) is 15.1 Å². The number of nitro groups is 1. The van der Waals surface area contributed by atoms with Crippen molar-refractivity contribution in [2.24, 2.45) is 0 Å². The quantitative estimate of drug-likeness (QED) is 0.594. The zero-order valence-electron chi connectivity index (χ0n) is 8.18. The second-order valence-corrected chi connectivity index (χ2v) is 3.48. The summed E-state index contributed by atoms with van der Waals surface area (Å²) in [4.78, 5) is 14.0. The van der Waals surface area contributed by atoms with Crippen LogP contribution in [0, 0.1) is 17.0 Å². The molecule has 0 saturated carbocycles. The average Bonchev–Trinajstić information content (AvgIpc) is 2.64. The number of halogens is 1. The molecule has 0 unspecified atom stereocenters. The molecule has 2 aromatic rings. The first kappa shape index (κ1) is 10.6. The van der Waals surface area contributed by atoms with E-state index in [1.165, 1.54) is 6.07 Å². The van der Waals surface area contributed by atoms with Crippen molar-refractivity contribution in [1.82, 2.24) is 10.1 Å². The van der Waals surface area contributed by atoms with Crippen LogP contribution in [-0.2, 0) is 0 Å². The van der Waals surface area contributed by atoms with Crippen molar-refractivity contribution >= 4 is 17.3 Å². The fourth-order valence-corrected chi connectivity index (χ4v) is 1.41. The van der Waals surface area contributed by atoms with E-state index < -0.39 is 4.92 Å². The summed E-state index contributed by atoms with van der Waals surface area (Å²) >= 11 is 5.50. The predicted octanol–water partition coefficient (Wildman–Crippen LogP) is 2.61. The molecular formula is C9H6ClN3O3. The fourth-order valence-electron chi connectivity index (χ4n) is 1.30. The largest absolute Gasteiger partial charge is 0.332 e. The Morgan fingerprint density at radius 2 is 2.25 bits per heavy atom. The summed E-state index contributed by atoms with van der Waals surface area (Å²) in [5.74, 6) is 0.0420. The van der Waals surface area contributed by atoms with Crippen LogP contribution in [0.15, 0.2) is 22.7 Å². The Morgan fingerprint density at radius 3 is 2.81 bits per heavy atom. The number of rotatable bonds is 2. The first-order valence-corrected chi connectivity index (χ1v) is 4.70. The fraction of sp³-hybridized carbons (Fsp3) is 0.111. The van der Waals surface area contributed by atoms with Gasteiger partial charge in [-0.05, 0) is 35.3 Å². The first-order chi connectivity index (χ1) is 7.58. The topological polar surface area (TPSA) is 82.1 Å². The van der Waals surface area contributed by atoms with Gasteiger partial charge in [0.25, 0.3) is 16.9 Å². The second kappa shape index (κ2) is 3.90. The molecule has 0 spiro atoms. The normalized spacial score (nSPS) is 10.4. The van der Waals surface area contributed by atoms with Crippen molar-refractivity contribution in [3.05, 3.63) is 39.2 Å². The van der Waals surface area contributed by atoms with Crippen molar-refractivity contribution in [2.45, 2.75) is 6.92 Å². The number of hydrogen-bond donors (Lipinski definition) is 0. The maximum atomic E-state index is 10.8. The van der Waals surface area contributed by atoms with E-state index in [1.807, 2.05) is 6.92 Å². The lowest BCUT2D eigenvalue weighted by Gasteiger charge is -1.98. The monoisotopic (exact) mass is 239 g/mol. The second-order valence-electron chi connectivity index (χ2n) is 3.15. The summed E-state index contributed by atoms with van der Waals surface area (Å²) in [6.45, 7) is 1.81. The standard InChI is InChI=1S/C9H6ClN3O3/c1-5-2-3-7(13(14)15)6(4-5)8-11-9(10)12-16-8/h2-4H,1H3. The molecule has 1 heterocycles. The van der Waals surface area contributed by atoms with Crippen LogP contribution in [0.5, 0.6) is 0 Å². The Labute approximate surface area is 95.0 Å². The molecule has 82 valence electrons. The van der Waals surface area contributed by atoms with Gasteiger partial charge in [0.15, 0.2) is 0 Å². The lowest BCUT2D eigenvalue weighted by molar-refractivity contribution is -0.384. The third kappa shape index (κ3) is 1.87. The molecular weight excluding hydrogens is 234 g/mol. The van der Waals surface area contributed by atoms with Crippen LogP contribution in [0.25, 0.3) is 11.5 Å². The van der Waals surface area contributed by atoms with Gasteiger partial charge in [-0.2, -0.15) is 4.98 Å². The summed E-state index contributed by atoms with van der Waals surface area (Å²) in [5.41, 5.74) is 1.03. The van der Waals surface area contributed by atoms with Gasteiger partial charge in [-0.15, -0.1) is 0 Å². The maximum absolute atomic E-state index is 10.8. The van der Waals surface area contributed by atoms with Crippen LogP contribution in [0.1, 0.15) is 5.56 Å². The number of hydrogen-bond acceptors (Lipinski definition) is 5. The van der Waals surface area contributed by atoms with E-state index in [2.05, 4.69) is 10.1 Å². The number of aryl methyl sites for hydroxylation is 1. The Morgan fingerprint density at radius 1 is 1.50 bits per heavy atom. The van der Waals surface area contributed by atoms with Gasteiger partial charge in [0.2, 0.25) is 0 Å². The molecule has 0 aliphatic heterocycles. The molecule has 0 fully saturated rings. The average molecular weight is 240 g/mol. The summed E-state index contributed by atoms with van der Waals surface area (Å²) in [6, 6.07) is 4.63. The molecule has 0 bridgehead atoms. The highest BCUT2D eigenvalue weighted by Crippen LogP contribution is 2.29. The van der Waals surface area contributed by atoms with Crippen LogP contribution in [0.2, 0.25) is 5.28 Å². The molecule has 0 atom stereocenters. The van der Waals surface area contributed by atoms with Crippen molar-refractivity contribution in [1.29, 1.82) is 0 Å². The maximum Gasteiger partial charge on any atom is 0.282 e. The summed E-state index contributed by atoms with van der Waals surface area (Å²) in [6.07, 6.45) is 0. The minimum absolute atomic E-state index is 0.0420. The Kier molecular flexibility index (Phi) is 2.57. The first-order valence-electron chi connectivity index (χ1n) is 4.32. The van der Waals surface area contributed by atoms with Gasteiger partial charge in [0.05, 0.1) is 4.92 Å². The van der Waals surface area contributed by atoms with Crippen LogP contribution in [0.3, 0.4) is 0 Å².